The third kappa shape index (κ3) is 4.83. The molecule has 3 fully saturated rings. The first-order valence-corrected chi connectivity index (χ1v) is 9.60. The van der Waals surface area contributed by atoms with E-state index in [1.807, 2.05) is 7.05 Å². The fourth-order valence-corrected chi connectivity index (χ4v) is 4.12. The van der Waals surface area contributed by atoms with Crippen LogP contribution in [-0.4, -0.2) is 62.8 Å². The van der Waals surface area contributed by atoms with Crippen LogP contribution in [0.5, 0.6) is 0 Å². The van der Waals surface area contributed by atoms with Crippen molar-refractivity contribution in [1.29, 1.82) is 0 Å². The van der Waals surface area contributed by atoms with Crippen molar-refractivity contribution in [3.63, 3.8) is 0 Å². The summed E-state index contributed by atoms with van der Waals surface area (Å²) in [6, 6.07) is 0. The molecule has 2 saturated carbocycles. The molecule has 0 radical (unpaired) electrons. The maximum Gasteiger partial charge on any atom is 0.191 e. The second kappa shape index (κ2) is 8.34. The minimum absolute atomic E-state index is 0.302. The molecule has 3 rings (SSSR count). The Morgan fingerprint density at radius 2 is 1.87 bits per heavy atom. The van der Waals surface area contributed by atoms with Crippen molar-refractivity contribution < 1.29 is 4.74 Å². The largest absolute Gasteiger partial charge is 0.379 e. The van der Waals surface area contributed by atoms with Crippen molar-refractivity contribution in [3.05, 3.63) is 0 Å². The summed E-state index contributed by atoms with van der Waals surface area (Å²) in [6.07, 6.45) is 10.8. The minimum Gasteiger partial charge on any atom is -0.379 e. The first kappa shape index (κ1) is 17.0. The van der Waals surface area contributed by atoms with Gasteiger partial charge in [0.05, 0.1) is 13.2 Å². The third-order valence-electron chi connectivity index (χ3n) is 5.82. The van der Waals surface area contributed by atoms with Crippen molar-refractivity contribution in [1.82, 2.24) is 15.5 Å². The highest BCUT2D eigenvalue weighted by Gasteiger charge is 2.38. The van der Waals surface area contributed by atoms with Crippen molar-refractivity contribution >= 4 is 5.96 Å². The van der Waals surface area contributed by atoms with E-state index in [-0.39, 0.29) is 0 Å². The SMILES string of the molecule is CN=C(NCCC1CC1)NCC1(N2CCOCC2)CCCCC1. The van der Waals surface area contributed by atoms with Gasteiger partial charge in [0.2, 0.25) is 0 Å². The Kier molecular flexibility index (Phi) is 6.17. The Morgan fingerprint density at radius 1 is 1.13 bits per heavy atom. The van der Waals surface area contributed by atoms with Crippen LogP contribution in [0.1, 0.15) is 51.4 Å². The highest BCUT2D eigenvalue weighted by Crippen LogP contribution is 2.34. The molecule has 1 saturated heterocycles. The van der Waals surface area contributed by atoms with Gasteiger partial charge in [-0.2, -0.15) is 0 Å². The fraction of sp³-hybridized carbons (Fsp3) is 0.944. The number of nitrogens with zero attached hydrogens (tertiary/aromatic N) is 2. The maximum atomic E-state index is 5.57. The van der Waals surface area contributed by atoms with Gasteiger partial charge in [0.25, 0.3) is 0 Å². The zero-order valence-corrected chi connectivity index (χ0v) is 14.8. The molecule has 0 spiro atoms. The molecule has 23 heavy (non-hydrogen) atoms. The van der Waals surface area contributed by atoms with Crippen LogP contribution in [0.4, 0.5) is 0 Å². The van der Waals surface area contributed by atoms with Crippen LogP contribution in [0.2, 0.25) is 0 Å². The maximum absolute atomic E-state index is 5.57. The predicted molar refractivity (Wildman–Crippen MR) is 94.9 cm³/mol. The van der Waals surface area contributed by atoms with Gasteiger partial charge in [0, 0.05) is 38.8 Å². The Morgan fingerprint density at radius 3 is 2.52 bits per heavy atom. The Hall–Kier alpha value is -0.810. The number of rotatable bonds is 6. The van der Waals surface area contributed by atoms with Gasteiger partial charge in [-0.1, -0.05) is 32.1 Å². The molecule has 0 atom stereocenters. The first-order valence-electron chi connectivity index (χ1n) is 9.60. The number of nitrogens with one attached hydrogen (secondary N) is 2. The normalized spacial score (nSPS) is 26.0. The summed E-state index contributed by atoms with van der Waals surface area (Å²) in [5.74, 6) is 1.95. The van der Waals surface area contributed by atoms with Gasteiger partial charge >= 0.3 is 0 Å². The second-order valence-electron chi connectivity index (χ2n) is 7.47. The summed E-state index contributed by atoms with van der Waals surface area (Å²) in [5.41, 5.74) is 0.302. The summed E-state index contributed by atoms with van der Waals surface area (Å²) < 4.78 is 5.57. The Bertz CT molecular complexity index is 382. The predicted octanol–water partition coefficient (Wildman–Crippen LogP) is 1.99. The fourth-order valence-electron chi connectivity index (χ4n) is 4.12. The topological polar surface area (TPSA) is 48.9 Å². The molecule has 0 amide bonds. The van der Waals surface area contributed by atoms with Gasteiger partial charge < -0.3 is 15.4 Å². The van der Waals surface area contributed by atoms with E-state index in [4.69, 9.17) is 4.74 Å². The summed E-state index contributed by atoms with van der Waals surface area (Å²) >= 11 is 0. The molecule has 132 valence electrons. The minimum atomic E-state index is 0.302. The number of guanidine groups is 1. The molecule has 2 N–H and O–H groups in total. The highest BCUT2D eigenvalue weighted by molar-refractivity contribution is 5.79. The van der Waals surface area contributed by atoms with Crippen LogP contribution in [-0.2, 0) is 4.74 Å². The summed E-state index contributed by atoms with van der Waals surface area (Å²) in [6.45, 7) is 5.99. The summed E-state index contributed by atoms with van der Waals surface area (Å²) in [7, 11) is 1.88. The second-order valence-corrected chi connectivity index (χ2v) is 7.47. The van der Waals surface area contributed by atoms with Crippen molar-refractivity contribution in [2.24, 2.45) is 10.9 Å². The molecule has 5 heteroatoms. The standard InChI is InChI=1S/C18H34N4O/c1-19-17(20-10-7-16-5-6-16)21-15-18(8-3-2-4-9-18)22-11-13-23-14-12-22/h16H,2-15H2,1H3,(H2,19,20,21). The zero-order valence-electron chi connectivity index (χ0n) is 14.8. The monoisotopic (exact) mass is 322 g/mol. The molecule has 0 aromatic rings. The number of hydrogen-bond donors (Lipinski definition) is 2. The van der Waals surface area contributed by atoms with Crippen molar-refractivity contribution in [2.45, 2.75) is 56.9 Å². The molecule has 1 aliphatic heterocycles. The highest BCUT2D eigenvalue weighted by atomic mass is 16.5. The molecule has 3 aliphatic rings. The first-order chi connectivity index (χ1) is 11.3. The van der Waals surface area contributed by atoms with Crippen LogP contribution in [0, 0.1) is 5.92 Å². The van der Waals surface area contributed by atoms with Gasteiger partial charge in [0.1, 0.15) is 0 Å². The van der Waals surface area contributed by atoms with Gasteiger partial charge in [-0.15, -0.1) is 0 Å². The van der Waals surface area contributed by atoms with E-state index >= 15 is 0 Å². The van der Waals surface area contributed by atoms with E-state index < -0.39 is 0 Å². The van der Waals surface area contributed by atoms with E-state index in [1.54, 1.807) is 0 Å². The molecular weight excluding hydrogens is 288 g/mol. The van der Waals surface area contributed by atoms with E-state index in [9.17, 15) is 0 Å². The van der Waals surface area contributed by atoms with Crippen molar-refractivity contribution in [3.8, 4) is 0 Å². The van der Waals surface area contributed by atoms with Crippen LogP contribution in [0.3, 0.4) is 0 Å². The number of hydrogen-bond acceptors (Lipinski definition) is 3. The zero-order chi connectivity index (χ0) is 16.0. The van der Waals surface area contributed by atoms with Crippen LogP contribution in [0.15, 0.2) is 4.99 Å². The third-order valence-corrected chi connectivity index (χ3v) is 5.82. The molecule has 0 aromatic carbocycles. The average molecular weight is 322 g/mol. The van der Waals surface area contributed by atoms with Gasteiger partial charge in [-0.3, -0.25) is 9.89 Å². The molecule has 5 nitrogen and oxygen atoms in total. The quantitative estimate of drug-likeness (QED) is 0.580. The molecule has 0 unspecified atom stereocenters. The summed E-state index contributed by atoms with van der Waals surface area (Å²) in [4.78, 5) is 7.10. The molecule has 0 bridgehead atoms. The lowest BCUT2D eigenvalue weighted by Gasteiger charge is -2.48. The Labute approximate surface area is 141 Å². The van der Waals surface area contributed by atoms with Crippen LogP contribution >= 0.6 is 0 Å². The van der Waals surface area contributed by atoms with Crippen LogP contribution in [0.25, 0.3) is 0 Å². The molecular formula is C18H34N4O. The van der Waals surface area contributed by atoms with E-state index in [0.29, 0.717) is 5.54 Å². The van der Waals surface area contributed by atoms with Gasteiger partial charge in [-0.25, -0.2) is 0 Å². The molecule has 2 aliphatic carbocycles. The smallest absolute Gasteiger partial charge is 0.191 e. The Balaban J connectivity index is 1.51. The van der Waals surface area contributed by atoms with Gasteiger partial charge in [-0.05, 0) is 25.2 Å². The lowest BCUT2D eigenvalue weighted by molar-refractivity contribution is -0.0352. The van der Waals surface area contributed by atoms with Gasteiger partial charge in [0.15, 0.2) is 5.96 Å². The summed E-state index contributed by atoms with van der Waals surface area (Å²) in [5, 5.41) is 7.12. The number of morpholine rings is 1. The number of aliphatic imine (C=N–C) groups is 1. The lowest BCUT2D eigenvalue weighted by Crippen LogP contribution is -2.60. The van der Waals surface area contributed by atoms with Crippen molar-refractivity contribution in [2.75, 3.05) is 46.4 Å². The van der Waals surface area contributed by atoms with E-state index in [2.05, 4.69) is 20.5 Å². The average Bonchev–Trinajstić information content (AvgIpc) is 3.44. The molecule has 0 aromatic heterocycles. The molecule has 1 heterocycles. The lowest BCUT2D eigenvalue weighted by atomic mass is 9.80. The van der Waals surface area contributed by atoms with Crippen LogP contribution < -0.4 is 10.6 Å². The van der Waals surface area contributed by atoms with E-state index in [1.165, 1.54) is 51.4 Å². The number of ether oxygens (including phenoxy) is 1. The van der Waals surface area contributed by atoms with E-state index in [0.717, 1.165) is 51.3 Å².